The summed E-state index contributed by atoms with van der Waals surface area (Å²) in [4.78, 5) is 13.0. The van der Waals surface area contributed by atoms with Crippen molar-refractivity contribution in [1.29, 1.82) is 0 Å². The number of hydrogen-bond acceptors (Lipinski definition) is 4. The third-order valence-corrected chi connectivity index (χ3v) is 6.59. The average molecular weight is 418 g/mol. The van der Waals surface area contributed by atoms with Crippen LogP contribution in [0.1, 0.15) is 12.0 Å². The molecule has 2 atom stereocenters. The molecule has 28 heavy (non-hydrogen) atoms. The SMILES string of the molecule is COc1cccc2cc(-c3cccc(C[C@H](C(=O)O)[C@H]4CCNC4)c3)sc12.Cl. The lowest BCUT2D eigenvalue weighted by atomic mass is 9.86. The summed E-state index contributed by atoms with van der Waals surface area (Å²) in [5.74, 6) is 0.0674. The Labute approximate surface area is 174 Å². The first kappa shape index (κ1) is 20.6. The van der Waals surface area contributed by atoms with Crippen molar-refractivity contribution >= 4 is 39.8 Å². The van der Waals surface area contributed by atoms with Crippen LogP contribution in [-0.2, 0) is 11.2 Å². The average Bonchev–Trinajstić information content (AvgIpc) is 3.35. The molecule has 0 saturated carbocycles. The molecule has 2 N–H and O–H groups in total. The second kappa shape index (κ2) is 8.95. The van der Waals surface area contributed by atoms with E-state index in [9.17, 15) is 9.90 Å². The Morgan fingerprint density at radius 1 is 1.29 bits per heavy atom. The summed E-state index contributed by atoms with van der Waals surface area (Å²) in [6, 6.07) is 16.5. The second-order valence-electron chi connectivity index (χ2n) is 7.09. The van der Waals surface area contributed by atoms with E-state index in [2.05, 4.69) is 29.6 Å². The van der Waals surface area contributed by atoms with Crippen LogP contribution in [0, 0.1) is 11.8 Å². The van der Waals surface area contributed by atoms with Gasteiger partial charge in [-0.3, -0.25) is 4.79 Å². The van der Waals surface area contributed by atoms with Crippen LogP contribution in [0.5, 0.6) is 5.75 Å². The summed E-state index contributed by atoms with van der Waals surface area (Å²) in [6.07, 6.45) is 1.51. The highest BCUT2D eigenvalue weighted by Crippen LogP contribution is 2.39. The molecule has 2 heterocycles. The van der Waals surface area contributed by atoms with Gasteiger partial charge in [-0.25, -0.2) is 0 Å². The number of methoxy groups -OCH3 is 1. The molecule has 1 aliphatic heterocycles. The molecule has 0 spiro atoms. The van der Waals surface area contributed by atoms with E-state index in [0.29, 0.717) is 6.42 Å². The predicted octanol–water partition coefficient (Wildman–Crippen LogP) is 4.85. The van der Waals surface area contributed by atoms with Gasteiger partial charge in [0, 0.05) is 4.88 Å². The summed E-state index contributed by atoms with van der Waals surface area (Å²) >= 11 is 1.71. The van der Waals surface area contributed by atoms with Gasteiger partial charge in [0.2, 0.25) is 0 Å². The van der Waals surface area contributed by atoms with E-state index in [0.717, 1.165) is 41.1 Å². The number of fused-ring (bicyclic) bond motifs is 1. The molecule has 0 aliphatic carbocycles. The quantitative estimate of drug-likeness (QED) is 0.601. The summed E-state index contributed by atoms with van der Waals surface area (Å²) < 4.78 is 6.62. The third kappa shape index (κ3) is 4.17. The highest BCUT2D eigenvalue weighted by molar-refractivity contribution is 7.22. The Bertz CT molecular complexity index is 965. The van der Waals surface area contributed by atoms with Gasteiger partial charge >= 0.3 is 5.97 Å². The highest BCUT2D eigenvalue weighted by Gasteiger charge is 2.30. The maximum atomic E-state index is 11.8. The summed E-state index contributed by atoms with van der Waals surface area (Å²) in [7, 11) is 1.69. The van der Waals surface area contributed by atoms with Crippen LogP contribution in [0.4, 0.5) is 0 Å². The number of halogens is 1. The molecule has 2 aromatic carbocycles. The zero-order valence-electron chi connectivity index (χ0n) is 15.7. The molecule has 6 heteroatoms. The van der Waals surface area contributed by atoms with E-state index < -0.39 is 5.97 Å². The zero-order valence-corrected chi connectivity index (χ0v) is 17.3. The van der Waals surface area contributed by atoms with Crippen molar-refractivity contribution in [2.24, 2.45) is 11.8 Å². The maximum absolute atomic E-state index is 11.8. The number of rotatable bonds is 6. The molecule has 1 saturated heterocycles. The molecule has 1 aromatic heterocycles. The van der Waals surface area contributed by atoms with Crippen LogP contribution in [0.2, 0.25) is 0 Å². The van der Waals surface area contributed by atoms with Gasteiger partial charge in [-0.15, -0.1) is 23.7 Å². The smallest absolute Gasteiger partial charge is 0.307 e. The number of benzene rings is 2. The largest absolute Gasteiger partial charge is 0.495 e. The van der Waals surface area contributed by atoms with Crippen LogP contribution in [0.15, 0.2) is 48.5 Å². The number of carboxylic acid groups (broad SMARTS) is 1. The van der Waals surface area contributed by atoms with Crippen LogP contribution < -0.4 is 10.1 Å². The molecule has 4 rings (SSSR count). The van der Waals surface area contributed by atoms with Gasteiger partial charge in [0.1, 0.15) is 5.75 Å². The van der Waals surface area contributed by atoms with E-state index in [1.54, 1.807) is 18.4 Å². The molecule has 0 unspecified atom stereocenters. The number of carbonyl (C=O) groups is 1. The summed E-state index contributed by atoms with van der Waals surface area (Å²) in [5.41, 5.74) is 2.21. The maximum Gasteiger partial charge on any atom is 0.307 e. The van der Waals surface area contributed by atoms with Crippen molar-refractivity contribution < 1.29 is 14.6 Å². The normalized spacial score (nSPS) is 17.2. The number of hydrogen-bond donors (Lipinski definition) is 2. The fourth-order valence-corrected chi connectivity index (χ4v) is 5.07. The Morgan fingerprint density at radius 3 is 2.82 bits per heavy atom. The lowest BCUT2D eigenvalue weighted by Gasteiger charge is -2.19. The van der Waals surface area contributed by atoms with Gasteiger partial charge in [-0.05, 0) is 60.5 Å². The fraction of sp³-hybridized carbons (Fsp3) is 0.318. The second-order valence-corrected chi connectivity index (χ2v) is 8.14. The first-order valence-corrected chi connectivity index (χ1v) is 10.1. The van der Waals surface area contributed by atoms with Crippen molar-refractivity contribution in [3.63, 3.8) is 0 Å². The summed E-state index contributed by atoms with van der Waals surface area (Å²) in [6.45, 7) is 1.71. The van der Waals surface area contributed by atoms with Crippen molar-refractivity contribution in [3.05, 3.63) is 54.1 Å². The van der Waals surface area contributed by atoms with E-state index in [1.807, 2.05) is 24.3 Å². The van der Waals surface area contributed by atoms with Gasteiger partial charge in [0.05, 0.1) is 17.7 Å². The van der Waals surface area contributed by atoms with Crippen molar-refractivity contribution in [3.8, 4) is 16.2 Å². The molecule has 4 nitrogen and oxygen atoms in total. The number of nitrogens with one attached hydrogen (secondary N) is 1. The van der Waals surface area contributed by atoms with Crippen LogP contribution in [0.25, 0.3) is 20.5 Å². The van der Waals surface area contributed by atoms with Gasteiger partial charge in [0.15, 0.2) is 0 Å². The zero-order chi connectivity index (χ0) is 18.8. The fourth-order valence-electron chi connectivity index (χ4n) is 3.92. The number of thiophene rings is 1. The minimum absolute atomic E-state index is 0. The number of ether oxygens (including phenoxy) is 1. The molecule has 1 fully saturated rings. The van der Waals surface area contributed by atoms with E-state index >= 15 is 0 Å². The minimum atomic E-state index is -0.694. The lowest BCUT2D eigenvalue weighted by molar-refractivity contribution is -0.143. The molecular weight excluding hydrogens is 394 g/mol. The Balaban J connectivity index is 0.00000225. The van der Waals surface area contributed by atoms with Gasteiger partial charge in [0.25, 0.3) is 0 Å². The molecule has 0 amide bonds. The van der Waals surface area contributed by atoms with Crippen LogP contribution >= 0.6 is 23.7 Å². The van der Waals surface area contributed by atoms with Crippen molar-refractivity contribution in [2.75, 3.05) is 20.2 Å². The predicted molar refractivity (Wildman–Crippen MR) is 117 cm³/mol. The Hall–Kier alpha value is -2.08. The minimum Gasteiger partial charge on any atom is -0.495 e. The first-order valence-electron chi connectivity index (χ1n) is 9.25. The van der Waals surface area contributed by atoms with Gasteiger partial charge in [-0.2, -0.15) is 0 Å². The molecular formula is C22H24ClNO3S. The van der Waals surface area contributed by atoms with Crippen molar-refractivity contribution in [1.82, 2.24) is 5.32 Å². The molecule has 0 bridgehead atoms. The van der Waals surface area contributed by atoms with E-state index in [1.165, 1.54) is 10.3 Å². The van der Waals surface area contributed by atoms with Crippen LogP contribution in [0.3, 0.4) is 0 Å². The standard InChI is InChI=1S/C22H23NO3S.ClH/c1-26-19-7-3-6-16-12-20(27-21(16)19)15-5-2-4-14(10-15)11-18(22(24)25)17-8-9-23-13-17;/h2-7,10,12,17-18,23H,8-9,11,13H2,1H3,(H,24,25);1H/t17-,18-;/m0./s1. The monoisotopic (exact) mass is 417 g/mol. The summed E-state index contributed by atoms with van der Waals surface area (Å²) in [5, 5.41) is 14.1. The molecule has 3 aromatic rings. The Kier molecular flexibility index (Phi) is 6.60. The lowest BCUT2D eigenvalue weighted by Crippen LogP contribution is -2.27. The van der Waals surface area contributed by atoms with Gasteiger partial charge < -0.3 is 15.2 Å². The third-order valence-electron chi connectivity index (χ3n) is 5.38. The number of aliphatic carboxylic acids is 1. The molecule has 0 radical (unpaired) electrons. The van der Waals surface area contributed by atoms with E-state index in [4.69, 9.17) is 4.74 Å². The number of carboxylic acids is 1. The van der Waals surface area contributed by atoms with Crippen molar-refractivity contribution in [2.45, 2.75) is 12.8 Å². The molecule has 1 aliphatic rings. The topological polar surface area (TPSA) is 58.6 Å². The highest BCUT2D eigenvalue weighted by atomic mass is 35.5. The van der Waals surface area contributed by atoms with E-state index in [-0.39, 0.29) is 24.2 Å². The Morgan fingerprint density at radius 2 is 2.11 bits per heavy atom. The van der Waals surface area contributed by atoms with Gasteiger partial charge in [-0.1, -0.05) is 36.4 Å². The van der Waals surface area contributed by atoms with Crippen LogP contribution in [-0.4, -0.2) is 31.3 Å². The first-order chi connectivity index (χ1) is 13.2. The molecule has 148 valence electrons.